The van der Waals surface area contributed by atoms with Gasteiger partial charge in [-0.15, -0.1) is 11.3 Å². The molecular formula is C14H12O3S. The summed E-state index contributed by atoms with van der Waals surface area (Å²) in [7, 11) is 0. The summed E-state index contributed by atoms with van der Waals surface area (Å²) in [5.74, 6) is -1.02. The molecule has 2 rings (SSSR count). The molecule has 1 aromatic carbocycles. The minimum absolute atomic E-state index is 0.109. The van der Waals surface area contributed by atoms with Crippen molar-refractivity contribution in [2.75, 3.05) is 0 Å². The van der Waals surface area contributed by atoms with E-state index in [2.05, 4.69) is 0 Å². The van der Waals surface area contributed by atoms with Crippen LogP contribution in [0.4, 0.5) is 0 Å². The van der Waals surface area contributed by atoms with Crippen molar-refractivity contribution in [3.05, 3.63) is 43.7 Å². The van der Waals surface area contributed by atoms with Gasteiger partial charge in [0, 0.05) is 19.8 Å². The van der Waals surface area contributed by atoms with Gasteiger partial charge in [-0.2, -0.15) is 0 Å². The molecule has 0 atom stereocenters. The summed E-state index contributed by atoms with van der Waals surface area (Å²) in [6, 6.07) is 4.66. The first-order valence-corrected chi connectivity index (χ1v) is 6.33. The van der Waals surface area contributed by atoms with Gasteiger partial charge in [-0.25, -0.2) is 4.79 Å². The first-order chi connectivity index (χ1) is 8.58. The predicted molar refractivity (Wildman–Crippen MR) is 74.6 cm³/mol. The Morgan fingerprint density at radius 3 is 2.56 bits per heavy atom. The van der Waals surface area contributed by atoms with Crippen LogP contribution in [0.2, 0.25) is 0 Å². The van der Waals surface area contributed by atoms with E-state index in [1.54, 1.807) is 12.1 Å². The minimum Gasteiger partial charge on any atom is -0.478 e. The maximum Gasteiger partial charge on any atom is 0.335 e. The summed E-state index contributed by atoms with van der Waals surface area (Å²) in [6.07, 6.45) is 3.66. The van der Waals surface area contributed by atoms with Crippen LogP contribution >= 0.6 is 11.3 Å². The van der Waals surface area contributed by atoms with Crippen molar-refractivity contribution in [1.82, 2.24) is 0 Å². The zero-order chi connectivity index (χ0) is 13.3. The van der Waals surface area contributed by atoms with Crippen LogP contribution in [0.5, 0.6) is 0 Å². The monoisotopic (exact) mass is 260 g/mol. The van der Waals surface area contributed by atoms with Crippen LogP contribution in [0.15, 0.2) is 23.0 Å². The van der Waals surface area contributed by atoms with Crippen LogP contribution in [0.3, 0.4) is 0 Å². The van der Waals surface area contributed by atoms with Crippen LogP contribution in [0.1, 0.15) is 24.2 Å². The quantitative estimate of drug-likeness (QED) is 0.846. The highest BCUT2D eigenvalue weighted by atomic mass is 32.1. The van der Waals surface area contributed by atoms with Crippen LogP contribution in [-0.2, 0) is 0 Å². The van der Waals surface area contributed by atoms with Crippen LogP contribution in [0.25, 0.3) is 22.2 Å². The van der Waals surface area contributed by atoms with Crippen molar-refractivity contribution in [1.29, 1.82) is 0 Å². The number of aromatic carboxylic acids is 1. The second-order valence-electron chi connectivity index (χ2n) is 3.80. The fourth-order valence-corrected chi connectivity index (χ4v) is 2.92. The van der Waals surface area contributed by atoms with E-state index in [1.165, 1.54) is 23.5 Å². The summed E-state index contributed by atoms with van der Waals surface area (Å²) < 4.78 is 1.72. The number of carboxylic acids is 1. The van der Waals surface area contributed by atoms with E-state index in [-0.39, 0.29) is 11.0 Å². The zero-order valence-corrected chi connectivity index (χ0v) is 10.9. The van der Waals surface area contributed by atoms with Crippen molar-refractivity contribution in [2.24, 2.45) is 0 Å². The minimum atomic E-state index is -1.02. The van der Waals surface area contributed by atoms with E-state index in [1.807, 2.05) is 19.9 Å². The highest BCUT2D eigenvalue weighted by molar-refractivity contribution is 7.16. The van der Waals surface area contributed by atoms with Gasteiger partial charge in [-0.3, -0.25) is 4.79 Å². The fraction of sp³-hybridized carbons (Fsp3) is 0.143. The Bertz CT molecular complexity index is 800. The third kappa shape index (κ3) is 1.95. The summed E-state index contributed by atoms with van der Waals surface area (Å²) in [5.41, 5.74) is 0.0320. The molecule has 0 fully saturated rings. The number of hydrogen-bond acceptors (Lipinski definition) is 3. The number of fused-ring (bicyclic) bond motifs is 1. The largest absolute Gasteiger partial charge is 0.478 e. The van der Waals surface area contributed by atoms with E-state index in [4.69, 9.17) is 5.11 Å². The van der Waals surface area contributed by atoms with E-state index < -0.39 is 5.97 Å². The fourth-order valence-electron chi connectivity index (χ4n) is 1.85. The number of hydrogen-bond donors (Lipinski definition) is 1. The van der Waals surface area contributed by atoms with Crippen molar-refractivity contribution in [3.8, 4) is 0 Å². The molecule has 0 saturated heterocycles. The van der Waals surface area contributed by atoms with Crippen molar-refractivity contribution >= 4 is 39.5 Å². The number of benzene rings is 1. The highest BCUT2D eigenvalue weighted by Gasteiger charge is 2.07. The Morgan fingerprint density at radius 2 is 2.00 bits per heavy atom. The van der Waals surface area contributed by atoms with Crippen LogP contribution in [-0.4, -0.2) is 11.1 Å². The summed E-state index contributed by atoms with van der Waals surface area (Å²) in [4.78, 5) is 23.2. The molecular weight excluding hydrogens is 248 g/mol. The summed E-state index contributed by atoms with van der Waals surface area (Å²) >= 11 is 1.49. The molecule has 0 aliphatic rings. The molecule has 3 nitrogen and oxygen atoms in total. The number of carboxylic acid groups (broad SMARTS) is 1. The van der Waals surface area contributed by atoms with Gasteiger partial charge < -0.3 is 5.11 Å². The highest BCUT2D eigenvalue weighted by Crippen LogP contribution is 2.13. The lowest BCUT2D eigenvalue weighted by atomic mass is 10.1. The molecule has 0 unspecified atom stereocenters. The third-order valence-electron chi connectivity index (χ3n) is 2.75. The SMILES string of the molecule is C/C=c1/c(=O)c2cc(C(=O)O)ccc2s/c1=C/C. The molecule has 0 bridgehead atoms. The first kappa shape index (κ1) is 12.5. The molecule has 2 aromatic rings. The lowest BCUT2D eigenvalue weighted by molar-refractivity contribution is 0.0697. The van der Waals surface area contributed by atoms with Gasteiger partial charge in [0.15, 0.2) is 5.43 Å². The Morgan fingerprint density at radius 1 is 1.28 bits per heavy atom. The van der Waals surface area contributed by atoms with Gasteiger partial charge in [-0.1, -0.05) is 12.2 Å². The van der Waals surface area contributed by atoms with Gasteiger partial charge in [0.05, 0.1) is 5.56 Å². The standard InChI is InChI=1S/C14H12O3S/c1-3-9-11(4-2)18-12-6-5-8(14(16)17)7-10(12)13(9)15/h3-7H,1-2H3,(H,16,17)/b9-3+,11-4+. The first-order valence-electron chi connectivity index (χ1n) is 5.51. The molecule has 1 heterocycles. The van der Waals surface area contributed by atoms with E-state index in [9.17, 15) is 9.59 Å². The van der Waals surface area contributed by atoms with Gasteiger partial charge >= 0.3 is 5.97 Å². The van der Waals surface area contributed by atoms with Crippen molar-refractivity contribution < 1.29 is 9.90 Å². The molecule has 4 heteroatoms. The van der Waals surface area contributed by atoms with E-state index >= 15 is 0 Å². The normalized spacial score (nSPS) is 13.2. The molecule has 1 aromatic heterocycles. The maximum absolute atomic E-state index is 12.3. The lowest BCUT2D eigenvalue weighted by Gasteiger charge is -1.99. The van der Waals surface area contributed by atoms with Crippen molar-refractivity contribution in [2.45, 2.75) is 13.8 Å². The van der Waals surface area contributed by atoms with Gasteiger partial charge in [0.1, 0.15) is 0 Å². The Labute approximate surface area is 107 Å². The van der Waals surface area contributed by atoms with Gasteiger partial charge in [-0.05, 0) is 32.0 Å². The average Bonchev–Trinajstić information content (AvgIpc) is 2.37. The molecule has 92 valence electrons. The molecule has 0 amide bonds. The van der Waals surface area contributed by atoms with Gasteiger partial charge in [0.25, 0.3) is 0 Å². The summed E-state index contributed by atoms with van der Waals surface area (Å²) in [6.45, 7) is 3.69. The topological polar surface area (TPSA) is 54.4 Å². The lowest BCUT2D eigenvalue weighted by Crippen LogP contribution is -2.36. The molecule has 0 spiro atoms. The second kappa shape index (κ2) is 4.74. The van der Waals surface area contributed by atoms with Crippen molar-refractivity contribution in [3.63, 3.8) is 0 Å². The van der Waals surface area contributed by atoms with Gasteiger partial charge in [0.2, 0.25) is 0 Å². The second-order valence-corrected chi connectivity index (χ2v) is 4.89. The van der Waals surface area contributed by atoms with E-state index in [0.717, 1.165) is 9.23 Å². The van der Waals surface area contributed by atoms with Crippen LogP contribution in [0, 0.1) is 0 Å². The third-order valence-corrected chi connectivity index (χ3v) is 4.00. The molecule has 0 radical (unpaired) electrons. The smallest absolute Gasteiger partial charge is 0.335 e. The molecule has 0 aliphatic carbocycles. The average molecular weight is 260 g/mol. The maximum atomic E-state index is 12.3. The number of carbonyl (C=O) groups is 1. The molecule has 1 N–H and O–H groups in total. The number of rotatable bonds is 1. The van der Waals surface area contributed by atoms with E-state index in [0.29, 0.717) is 10.6 Å². The zero-order valence-electron chi connectivity index (χ0n) is 10.1. The molecule has 0 saturated carbocycles. The predicted octanol–water partition coefficient (Wildman–Crippen LogP) is 1.56. The Balaban J connectivity index is 3.03. The molecule has 18 heavy (non-hydrogen) atoms. The summed E-state index contributed by atoms with van der Waals surface area (Å²) in [5, 5.41) is 10.1. The van der Waals surface area contributed by atoms with Crippen LogP contribution < -0.4 is 15.2 Å². The Hall–Kier alpha value is -1.94. The Kier molecular flexibility index (Phi) is 3.30. The molecule has 0 aliphatic heterocycles.